The van der Waals surface area contributed by atoms with Gasteiger partial charge >= 0.3 is 0 Å². The summed E-state index contributed by atoms with van der Waals surface area (Å²) in [7, 11) is 0. The number of aryl methyl sites for hydroxylation is 2. The van der Waals surface area contributed by atoms with E-state index in [1.165, 1.54) is 22.3 Å². The van der Waals surface area contributed by atoms with Crippen LogP contribution in [0.1, 0.15) is 25.1 Å². The molecule has 1 N–H and O–H groups in total. The number of halogens is 1. The number of carbonyl (C=O) groups is 1. The van der Waals surface area contributed by atoms with Crippen molar-refractivity contribution in [1.82, 2.24) is 19.4 Å². The summed E-state index contributed by atoms with van der Waals surface area (Å²) in [6, 6.07) is 3.92. The van der Waals surface area contributed by atoms with Crippen LogP contribution in [-0.4, -0.2) is 50.7 Å². The number of nitrogens with zero attached hydrogens (tertiary/aromatic N) is 4. The Morgan fingerprint density at radius 3 is 2.97 bits per heavy atom. The number of likely N-dealkylation sites (tertiary alicyclic amines) is 1. The number of carbonyl (C=O) groups excluding carboxylic acids is 1. The van der Waals surface area contributed by atoms with Gasteiger partial charge in [0.1, 0.15) is 5.82 Å². The second-order valence-corrected chi connectivity index (χ2v) is 9.69. The van der Waals surface area contributed by atoms with E-state index in [0.29, 0.717) is 17.6 Å². The number of amides is 1. The third kappa shape index (κ3) is 4.77. The molecule has 2 atom stereocenters. The molecule has 0 unspecified atom stereocenters. The highest BCUT2D eigenvalue weighted by Gasteiger charge is 2.37. The highest BCUT2D eigenvalue weighted by atomic mass is 32.1. The second-order valence-electron chi connectivity index (χ2n) is 8.46. The Hall–Kier alpha value is -2.94. The molecule has 0 radical (unpaired) electrons. The van der Waals surface area contributed by atoms with Crippen LogP contribution in [0.3, 0.4) is 0 Å². The lowest BCUT2D eigenvalue weighted by Gasteiger charge is -2.17. The molecule has 0 saturated carbocycles. The molecule has 7 nitrogen and oxygen atoms in total. The van der Waals surface area contributed by atoms with E-state index in [1.54, 1.807) is 6.20 Å². The van der Waals surface area contributed by atoms with Crippen LogP contribution in [0, 0.1) is 12.8 Å². The molecule has 3 aromatic heterocycles. The van der Waals surface area contributed by atoms with Crippen LogP contribution in [-0.2, 0) is 11.3 Å². The smallest absolute Gasteiger partial charge is 0.246 e. The van der Waals surface area contributed by atoms with Gasteiger partial charge in [0.2, 0.25) is 11.8 Å². The Morgan fingerprint density at radius 2 is 2.28 bits per heavy atom. The number of hydrogen-bond acceptors (Lipinski definition) is 6. The number of pyridine rings is 1. The fourth-order valence-corrected chi connectivity index (χ4v) is 4.40. The van der Waals surface area contributed by atoms with E-state index < -0.39 is 12.3 Å². The van der Waals surface area contributed by atoms with E-state index >= 15 is 0 Å². The Balaban J connectivity index is 1.66. The fourth-order valence-electron chi connectivity index (χ4n) is 3.72. The maximum absolute atomic E-state index is 14.7. The van der Waals surface area contributed by atoms with Gasteiger partial charge < -0.3 is 19.5 Å². The Morgan fingerprint density at radius 1 is 1.47 bits per heavy atom. The number of aromatic nitrogens is 3. The van der Waals surface area contributed by atoms with Crippen molar-refractivity contribution < 1.29 is 13.9 Å². The predicted molar refractivity (Wildman–Crippen MR) is 125 cm³/mol. The fraction of sp³-hybridized carbons (Fsp3) is 0.435. The number of hydrogen-bond donors (Lipinski definition) is 1. The largest absolute Gasteiger partial charge is 0.469 e. The van der Waals surface area contributed by atoms with E-state index in [-0.39, 0.29) is 19.0 Å². The van der Waals surface area contributed by atoms with Crippen molar-refractivity contribution >= 4 is 39.1 Å². The first kappa shape index (κ1) is 22.3. The lowest BCUT2D eigenvalue weighted by Crippen LogP contribution is -2.30. The van der Waals surface area contributed by atoms with Crippen molar-refractivity contribution in [2.45, 2.75) is 46.0 Å². The monoisotopic (exact) mass is 457 g/mol. The van der Waals surface area contributed by atoms with E-state index in [0.717, 1.165) is 33.9 Å². The second kappa shape index (κ2) is 9.28. The highest BCUT2D eigenvalue weighted by Crippen LogP contribution is 2.32. The van der Waals surface area contributed by atoms with Crippen molar-refractivity contribution in [3.63, 3.8) is 0 Å². The number of rotatable bonds is 8. The molecule has 1 aliphatic rings. The average molecular weight is 458 g/mol. The minimum Gasteiger partial charge on any atom is -0.469 e. The number of anilines is 2. The molecular weight excluding hydrogens is 429 g/mol. The number of alkyl halides is 1. The molecule has 32 heavy (non-hydrogen) atoms. The van der Waals surface area contributed by atoms with Crippen molar-refractivity contribution in [1.29, 1.82) is 0 Å². The molecule has 0 aliphatic carbocycles. The number of thiazole rings is 1. The van der Waals surface area contributed by atoms with Gasteiger partial charge in [-0.15, -0.1) is 11.3 Å². The molecule has 0 spiro atoms. The Labute approximate surface area is 190 Å². The molecule has 9 heteroatoms. The van der Waals surface area contributed by atoms with Crippen molar-refractivity contribution in [3.8, 4) is 5.88 Å². The number of nitrogens with one attached hydrogen (secondary N) is 1. The molecule has 0 bridgehead atoms. The van der Waals surface area contributed by atoms with Crippen LogP contribution in [0.5, 0.6) is 5.88 Å². The molecule has 170 valence electrons. The highest BCUT2D eigenvalue weighted by molar-refractivity contribution is 7.15. The standard InChI is InChI=1S/C23H28FN5O2S/c1-5-21(30)29-12-17(24)19(13-29)31-22-16-7-9-28(8-6-14(2)3)18(16)10-20(26-22)27-23-25-11-15(4)32-23/h5,7,9-11,14,17,19H,1,6,8,12-13H2,2-4H3,(H,25,26,27)/t17-,19-/m1/s1. The number of fused-ring (bicyclic) bond motifs is 1. The van der Waals surface area contributed by atoms with Gasteiger partial charge in [0.15, 0.2) is 17.4 Å². The lowest BCUT2D eigenvalue weighted by molar-refractivity contribution is -0.125. The van der Waals surface area contributed by atoms with Gasteiger partial charge in [0, 0.05) is 29.9 Å². The molecular formula is C23H28FN5O2S. The van der Waals surface area contributed by atoms with Gasteiger partial charge in [-0.25, -0.2) is 9.37 Å². The van der Waals surface area contributed by atoms with E-state index in [1.807, 2.05) is 25.3 Å². The van der Waals surface area contributed by atoms with Gasteiger partial charge in [-0.2, -0.15) is 4.98 Å². The maximum atomic E-state index is 14.7. The molecule has 1 saturated heterocycles. The van der Waals surface area contributed by atoms with Crippen LogP contribution in [0.2, 0.25) is 0 Å². The van der Waals surface area contributed by atoms with Crippen LogP contribution in [0.25, 0.3) is 10.9 Å². The van der Waals surface area contributed by atoms with Gasteiger partial charge in [-0.1, -0.05) is 20.4 Å². The zero-order chi connectivity index (χ0) is 22.8. The lowest BCUT2D eigenvalue weighted by atomic mass is 10.1. The van der Waals surface area contributed by atoms with E-state index in [9.17, 15) is 9.18 Å². The molecule has 4 heterocycles. The number of ether oxygens (including phenoxy) is 1. The first-order chi connectivity index (χ1) is 15.3. The minimum atomic E-state index is -1.29. The third-order valence-electron chi connectivity index (χ3n) is 5.48. The summed E-state index contributed by atoms with van der Waals surface area (Å²) in [6.07, 6.45) is 3.95. The molecule has 3 aromatic rings. The van der Waals surface area contributed by atoms with Crippen LogP contribution < -0.4 is 10.1 Å². The summed E-state index contributed by atoms with van der Waals surface area (Å²) in [5.74, 6) is 1.20. The summed E-state index contributed by atoms with van der Waals surface area (Å²) in [4.78, 5) is 23.4. The van der Waals surface area contributed by atoms with Crippen molar-refractivity contribution in [2.24, 2.45) is 5.92 Å². The van der Waals surface area contributed by atoms with Crippen molar-refractivity contribution in [3.05, 3.63) is 42.1 Å². The van der Waals surface area contributed by atoms with Crippen LogP contribution in [0.15, 0.2) is 37.2 Å². The average Bonchev–Trinajstić information content (AvgIpc) is 3.45. The summed E-state index contributed by atoms with van der Waals surface area (Å²) in [6.45, 7) is 10.9. The van der Waals surface area contributed by atoms with Gasteiger partial charge in [0.25, 0.3) is 0 Å². The summed E-state index contributed by atoms with van der Waals surface area (Å²) < 4.78 is 22.9. The Kier molecular flexibility index (Phi) is 6.45. The third-order valence-corrected chi connectivity index (χ3v) is 6.31. The normalized spacial score (nSPS) is 18.5. The van der Waals surface area contributed by atoms with Gasteiger partial charge in [-0.3, -0.25) is 4.79 Å². The predicted octanol–water partition coefficient (Wildman–Crippen LogP) is 4.70. The van der Waals surface area contributed by atoms with Crippen LogP contribution >= 0.6 is 11.3 Å². The Bertz CT molecular complexity index is 1120. The van der Waals surface area contributed by atoms with E-state index in [4.69, 9.17) is 4.74 Å². The molecule has 4 rings (SSSR count). The zero-order valence-electron chi connectivity index (χ0n) is 18.5. The summed E-state index contributed by atoms with van der Waals surface area (Å²) in [5, 5.41) is 4.79. The first-order valence-corrected chi connectivity index (χ1v) is 11.6. The van der Waals surface area contributed by atoms with E-state index in [2.05, 4.69) is 40.3 Å². The summed E-state index contributed by atoms with van der Waals surface area (Å²) in [5.41, 5.74) is 0.957. The summed E-state index contributed by atoms with van der Waals surface area (Å²) >= 11 is 1.53. The molecule has 1 aliphatic heterocycles. The topological polar surface area (TPSA) is 72.3 Å². The van der Waals surface area contributed by atoms with Gasteiger partial charge in [-0.05, 0) is 31.4 Å². The van der Waals surface area contributed by atoms with Gasteiger partial charge in [0.05, 0.1) is 24.0 Å². The first-order valence-electron chi connectivity index (χ1n) is 10.8. The minimum absolute atomic E-state index is 0.00953. The zero-order valence-corrected chi connectivity index (χ0v) is 19.4. The molecule has 1 fully saturated rings. The SMILES string of the molecule is C=CC(=O)N1C[C@@H](F)[C@H](Oc2nc(Nc3ncc(C)s3)cc3c2ccn3CCC(C)C)C1. The molecule has 1 amide bonds. The van der Waals surface area contributed by atoms with Crippen molar-refractivity contribution in [2.75, 3.05) is 18.4 Å². The van der Waals surface area contributed by atoms with Crippen LogP contribution in [0.4, 0.5) is 15.3 Å². The molecule has 0 aromatic carbocycles. The maximum Gasteiger partial charge on any atom is 0.246 e. The quantitative estimate of drug-likeness (QED) is 0.496.